The van der Waals surface area contributed by atoms with Gasteiger partial charge in [0, 0.05) is 13.1 Å². The molecule has 1 aromatic carbocycles. The summed E-state index contributed by atoms with van der Waals surface area (Å²) in [4.78, 5) is 0.393. The second kappa shape index (κ2) is 10.7. The summed E-state index contributed by atoms with van der Waals surface area (Å²) in [6.45, 7) is 4.72. The van der Waals surface area contributed by atoms with E-state index in [9.17, 15) is 16.8 Å². The second-order valence-electron chi connectivity index (χ2n) is 8.04. The van der Waals surface area contributed by atoms with Crippen LogP contribution in [0.2, 0.25) is 0 Å². The molecule has 0 N–H and O–H groups in total. The van der Waals surface area contributed by atoms with Crippen LogP contribution < -0.4 is 0 Å². The molecule has 0 aliphatic carbocycles. The first-order valence-electron chi connectivity index (χ1n) is 10.5. The average molecular weight is 430 g/mol. The van der Waals surface area contributed by atoms with E-state index in [1.165, 1.54) is 0 Å². The van der Waals surface area contributed by atoms with Crippen LogP contribution in [0.4, 0.5) is 0 Å². The molecule has 1 aromatic rings. The third kappa shape index (κ3) is 6.85. The normalized spacial score (nSPS) is 16.5. The van der Waals surface area contributed by atoms with E-state index in [4.69, 9.17) is 0 Å². The Bertz CT molecular complexity index is 793. The third-order valence-corrected chi connectivity index (χ3v) is 9.70. The standard InChI is InChI=1S/C21H35NO4S2/c1-19(2)27(23,24)18-10-5-3-4-7-11-20-12-14-21(15-13-20)28(25,26)22-16-8-6-9-17-22/h12-15,19H,3-11,16-18H2,1-2H3. The molecule has 5 nitrogen and oxygen atoms in total. The van der Waals surface area contributed by atoms with Gasteiger partial charge >= 0.3 is 0 Å². The number of nitrogens with zero attached hydrogens (tertiary/aromatic N) is 1. The monoisotopic (exact) mass is 429 g/mol. The van der Waals surface area contributed by atoms with E-state index in [0.717, 1.165) is 63.4 Å². The number of benzene rings is 1. The van der Waals surface area contributed by atoms with Crippen LogP contribution in [0.1, 0.15) is 70.8 Å². The van der Waals surface area contributed by atoms with Crippen LogP contribution in [0, 0.1) is 0 Å². The first-order chi connectivity index (χ1) is 13.2. The molecule has 0 bridgehead atoms. The molecular formula is C21H35NO4S2. The molecule has 1 saturated heterocycles. The van der Waals surface area contributed by atoms with Crippen molar-refractivity contribution in [1.29, 1.82) is 0 Å². The van der Waals surface area contributed by atoms with Crippen LogP contribution >= 0.6 is 0 Å². The van der Waals surface area contributed by atoms with E-state index in [1.54, 1.807) is 30.3 Å². The Morgan fingerprint density at radius 1 is 0.821 bits per heavy atom. The zero-order valence-corrected chi connectivity index (χ0v) is 18.9. The van der Waals surface area contributed by atoms with Crippen molar-refractivity contribution in [2.75, 3.05) is 18.8 Å². The predicted octanol–water partition coefficient (Wildman–Crippen LogP) is 4.18. The van der Waals surface area contributed by atoms with Gasteiger partial charge < -0.3 is 0 Å². The summed E-state index contributed by atoms with van der Waals surface area (Å²) in [6.07, 6.45) is 8.75. The first kappa shape index (κ1) is 23.4. The number of hydrogen-bond donors (Lipinski definition) is 0. The Hall–Kier alpha value is -0.920. The summed E-state index contributed by atoms with van der Waals surface area (Å²) >= 11 is 0. The van der Waals surface area contributed by atoms with Gasteiger partial charge in [-0.25, -0.2) is 16.8 Å². The molecule has 1 fully saturated rings. The van der Waals surface area contributed by atoms with Gasteiger partial charge in [-0.1, -0.05) is 37.8 Å². The number of unbranched alkanes of at least 4 members (excludes halogenated alkanes) is 4. The SMILES string of the molecule is CC(C)S(=O)(=O)CCCCCCCc1ccc(S(=O)(=O)N2CCCCC2)cc1. The highest BCUT2D eigenvalue weighted by Gasteiger charge is 2.25. The maximum Gasteiger partial charge on any atom is 0.243 e. The molecule has 2 rings (SSSR count). The van der Waals surface area contributed by atoms with E-state index in [0.29, 0.717) is 18.0 Å². The molecular weight excluding hydrogens is 394 g/mol. The molecule has 160 valence electrons. The number of aryl methyl sites for hydroxylation is 1. The fourth-order valence-corrected chi connectivity index (χ4v) is 6.08. The third-order valence-electron chi connectivity index (χ3n) is 5.49. The summed E-state index contributed by atoms with van der Waals surface area (Å²) in [5.41, 5.74) is 1.15. The Morgan fingerprint density at radius 2 is 1.39 bits per heavy atom. The van der Waals surface area contributed by atoms with Crippen LogP contribution in [-0.2, 0) is 26.3 Å². The van der Waals surface area contributed by atoms with E-state index >= 15 is 0 Å². The Morgan fingerprint density at radius 3 is 2.00 bits per heavy atom. The zero-order valence-electron chi connectivity index (χ0n) is 17.3. The lowest BCUT2D eigenvalue weighted by Gasteiger charge is -2.25. The highest BCUT2D eigenvalue weighted by molar-refractivity contribution is 7.91. The number of sulfone groups is 1. The summed E-state index contributed by atoms with van der Waals surface area (Å²) in [5, 5.41) is -0.283. The van der Waals surface area contributed by atoms with E-state index in [2.05, 4.69) is 0 Å². The maximum absolute atomic E-state index is 12.7. The molecule has 0 radical (unpaired) electrons. The van der Waals surface area contributed by atoms with Gasteiger partial charge in [-0.2, -0.15) is 4.31 Å². The van der Waals surface area contributed by atoms with E-state index < -0.39 is 19.9 Å². The van der Waals surface area contributed by atoms with Crippen molar-refractivity contribution in [3.63, 3.8) is 0 Å². The molecule has 28 heavy (non-hydrogen) atoms. The fraction of sp³-hybridized carbons (Fsp3) is 0.714. The van der Waals surface area contributed by atoms with Gasteiger partial charge in [-0.15, -0.1) is 0 Å². The molecule has 0 amide bonds. The van der Waals surface area contributed by atoms with Gasteiger partial charge in [0.25, 0.3) is 0 Å². The van der Waals surface area contributed by atoms with Crippen LogP contribution in [-0.4, -0.2) is 45.2 Å². The van der Waals surface area contributed by atoms with Crippen LogP contribution in [0.3, 0.4) is 0 Å². The quantitative estimate of drug-likeness (QED) is 0.495. The lowest BCUT2D eigenvalue weighted by molar-refractivity contribution is 0.346. The highest BCUT2D eigenvalue weighted by Crippen LogP contribution is 2.21. The largest absolute Gasteiger partial charge is 0.243 e. The Kier molecular flexibility index (Phi) is 8.96. The molecule has 0 saturated carbocycles. The highest BCUT2D eigenvalue weighted by atomic mass is 32.2. The zero-order chi connectivity index (χ0) is 20.6. The van der Waals surface area contributed by atoms with Gasteiger partial charge in [-0.3, -0.25) is 0 Å². The summed E-state index contributed by atoms with van der Waals surface area (Å²) in [6, 6.07) is 7.31. The molecule has 1 aliphatic rings. The average Bonchev–Trinajstić information content (AvgIpc) is 2.68. The summed E-state index contributed by atoms with van der Waals surface area (Å²) < 4.78 is 50.4. The molecule has 0 spiro atoms. The van der Waals surface area contributed by atoms with Gasteiger partial charge in [0.2, 0.25) is 10.0 Å². The second-order valence-corrected chi connectivity index (χ2v) is 12.7. The van der Waals surface area contributed by atoms with E-state index in [1.807, 2.05) is 12.1 Å². The number of rotatable bonds is 11. The summed E-state index contributed by atoms with van der Waals surface area (Å²) in [7, 11) is -6.26. The van der Waals surface area contributed by atoms with Crippen molar-refractivity contribution in [3.05, 3.63) is 29.8 Å². The van der Waals surface area contributed by atoms with Gasteiger partial charge in [0.05, 0.1) is 15.9 Å². The number of piperidine rings is 1. The molecule has 1 aliphatic heterocycles. The lowest BCUT2D eigenvalue weighted by Crippen LogP contribution is -2.35. The Balaban J connectivity index is 1.70. The lowest BCUT2D eigenvalue weighted by atomic mass is 10.1. The van der Waals surface area contributed by atoms with Gasteiger partial charge in [-0.05, 0) is 63.6 Å². The predicted molar refractivity (Wildman–Crippen MR) is 115 cm³/mol. The van der Waals surface area contributed by atoms with Crippen molar-refractivity contribution in [2.24, 2.45) is 0 Å². The van der Waals surface area contributed by atoms with Crippen molar-refractivity contribution >= 4 is 19.9 Å². The van der Waals surface area contributed by atoms with Crippen LogP contribution in [0.5, 0.6) is 0 Å². The fourth-order valence-electron chi connectivity index (χ4n) is 3.48. The van der Waals surface area contributed by atoms with E-state index in [-0.39, 0.29) is 11.0 Å². The Labute approximate surface area is 171 Å². The molecule has 0 aromatic heterocycles. The minimum absolute atomic E-state index is 0.283. The maximum atomic E-state index is 12.7. The number of sulfonamides is 1. The smallest absolute Gasteiger partial charge is 0.229 e. The summed E-state index contributed by atoms with van der Waals surface area (Å²) in [5.74, 6) is 0.289. The molecule has 1 heterocycles. The van der Waals surface area contributed by atoms with Crippen LogP contribution in [0.15, 0.2) is 29.2 Å². The topological polar surface area (TPSA) is 71.5 Å². The van der Waals surface area contributed by atoms with Gasteiger partial charge in [0.15, 0.2) is 9.84 Å². The van der Waals surface area contributed by atoms with Gasteiger partial charge in [0.1, 0.15) is 0 Å². The minimum Gasteiger partial charge on any atom is -0.229 e. The first-order valence-corrected chi connectivity index (χ1v) is 13.7. The molecule has 0 unspecified atom stereocenters. The molecule has 0 atom stereocenters. The van der Waals surface area contributed by atoms with Crippen LogP contribution in [0.25, 0.3) is 0 Å². The molecule has 7 heteroatoms. The van der Waals surface area contributed by atoms with Crippen molar-refractivity contribution in [3.8, 4) is 0 Å². The minimum atomic E-state index is -3.35. The van der Waals surface area contributed by atoms with Crippen molar-refractivity contribution in [2.45, 2.75) is 81.8 Å². The van der Waals surface area contributed by atoms with Crippen molar-refractivity contribution < 1.29 is 16.8 Å². The number of hydrogen-bond acceptors (Lipinski definition) is 4. The van der Waals surface area contributed by atoms with Crippen molar-refractivity contribution in [1.82, 2.24) is 4.31 Å².